The first kappa shape index (κ1) is 23.8. The molecular weight excluding hydrogens is 404 g/mol. The molecule has 4 aromatic carbocycles. The van der Waals surface area contributed by atoms with Crippen LogP contribution in [-0.2, 0) is 19.5 Å². The Bertz CT molecular complexity index is 1150. The van der Waals surface area contributed by atoms with Crippen molar-refractivity contribution in [3.05, 3.63) is 125 Å². The lowest BCUT2D eigenvalue weighted by molar-refractivity contribution is 1.06. The summed E-state index contributed by atoms with van der Waals surface area (Å²) in [6, 6.07) is 34.4. The van der Waals surface area contributed by atoms with Crippen molar-refractivity contribution in [1.29, 1.82) is 0 Å². The molecule has 0 saturated heterocycles. The zero-order chi connectivity index (χ0) is 23.5. The molecule has 4 rings (SSSR count). The van der Waals surface area contributed by atoms with Gasteiger partial charge in [0.2, 0.25) is 0 Å². The number of hydrogen-bond acceptors (Lipinski definition) is 3. The minimum atomic E-state index is 0.547. The molecule has 0 spiro atoms. The Morgan fingerprint density at radius 1 is 0.727 bits per heavy atom. The Hall–Kier alpha value is -3.89. The zero-order valence-corrected chi connectivity index (χ0v) is 19.1. The Labute approximate surface area is 196 Å². The number of benzene rings is 4. The van der Waals surface area contributed by atoms with Crippen LogP contribution in [0.5, 0.6) is 0 Å². The molecule has 0 amide bonds. The number of hydrogen-bond donors (Lipinski definition) is 3. The summed E-state index contributed by atoms with van der Waals surface area (Å²) in [5.74, 6) is 0.547. The van der Waals surface area contributed by atoms with Crippen molar-refractivity contribution in [2.24, 2.45) is 16.5 Å². The lowest BCUT2D eigenvalue weighted by Gasteiger charge is -2.09. The molecule has 0 fully saturated rings. The van der Waals surface area contributed by atoms with Crippen molar-refractivity contribution in [2.75, 3.05) is 5.73 Å². The highest BCUT2D eigenvalue weighted by Crippen LogP contribution is 2.27. The van der Waals surface area contributed by atoms with Gasteiger partial charge < -0.3 is 17.2 Å². The van der Waals surface area contributed by atoms with Gasteiger partial charge in [0.05, 0.1) is 6.54 Å². The molecule has 4 nitrogen and oxygen atoms in total. The molecule has 0 heterocycles. The van der Waals surface area contributed by atoms with Gasteiger partial charge in [-0.05, 0) is 40.8 Å². The predicted molar refractivity (Wildman–Crippen MR) is 141 cm³/mol. The van der Waals surface area contributed by atoms with Crippen molar-refractivity contribution >= 4 is 11.5 Å². The lowest BCUT2D eigenvalue weighted by atomic mass is 9.99. The first-order valence-electron chi connectivity index (χ1n) is 11.2. The van der Waals surface area contributed by atoms with Crippen LogP contribution in [0.3, 0.4) is 0 Å². The zero-order valence-electron chi connectivity index (χ0n) is 19.1. The molecule has 0 unspecified atom stereocenters. The van der Waals surface area contributed by atoms with Crippen molar-refractivity contribution in [3.8, 4) is 11.1 Å². The Balaban J connectivity index is 0.000000323. The summed E-state index contributed by atoms with van der Waals surface area (Å²) in [6.45, 7) is 3.36. The van der Waals surface area contributed by atoms with Crippen LogP contribution in [0, 0.1) is 0 Å². The maximum atomic E-state index is 6.14. The number of nitrogens with two attached hydrogens (primary N) is 3. The average molecular weight is 437 g/mol. The summed E-state index contributed by atoms with van der Waals surface area (Å²) in [7, 11) is 0. The van der Waals surface area contributed by atoms with Crippen LogP contribution in [0.25, 0.3) is 11.1 Å². The number of nitrogens with zero attached hydrogens (tertiary/aromatic N) is 1. The number of nitrogen functional groups attached to an aromatic ring is 1. The molecule has 0 aromatic heterocycles. The third-order valence-electron chi connectivity index (χ3n) is 5.37. The van der Waals surface area contributed by atoms with Crippen molar-refractivity contribution in [3.63, 3.8) is 0 Å². The molecule has 33 heavy (non-hydrogen) atoms. The van der Waals surface area contributed by atoms with Gasteiger partial charge >= 0.3 is 0 Å². The number of rotatable bonds is 6. The average Bonchev–Trinajstić information content (AvgIpc) is 2.89. The van der Waals surface area contributed by atoms with E-state index in [1.54, 1.807) is 0 Å². The van der Waals surface area contributed by atoms with Gasteiger partial charge in [-0.25, -0.2) is 0 Å². The quantitative estimate of drug-likeness (QED) is 0.210. The highest BCUT2D eigenvalue weighted by atomic mass is 14.8. The monoisotopic (exact) mass is 436 g/mol. The topological polar surface area (TPSA) is 90.4 Å². The Kier molecular flexibility index (Phi) is 8.80. The van der Waals surface area contributed by atoms with Crippen molar-refractivity contribution < 1.29 is 0 Å². The van der Waals surface area contributed by atoms with Gasteiger partial charge in [0, 0.05) is 23.4 Å². The third-order valence-corrected chi connectivity index (χ3v) is 5.37. The first-order valence-corrected chi connectivity index (χ1v) is 11.2. The molecule has 0 aliphatic rings. The summed E-state index contributed by atoms with van der Waals surface area (Å²) in [4.78, 5) is 4.48. The molecule has 0 aliphatic carbocycles. The maximum absolute atomic E-state index is 6.14. The van der Waals surface area contributed by atoms with Crippen LogP contribution in [0.4, 0.5) is 5.69 Å². The molecule has 4 heteroatoms. The summed E-state index contributed by atoms with van der Waals surface area (Å²) < 4.78 is 0. The van der Waals surface area contributed by atoms with Crippen LogP contribution >= 0.6 is 0 Å². The number of anilines is 1. The Morgan fingerprint density at radius 2 is 1.33 bits per heavy atom. The van der Waals surface area contributed by atoms with E-state index in [-0.39, 0.29) is 0 Å². The van der Waals surface area contributed by atoms with E-state index in [4.69, 9.17) is 17.2 Å². The van der Waals surface area contributed by atoms with Crippen LogP contribution in [0.15, 0.2) is 108 Å². The second kappa shape index (κ2) is 12.2. The van der Waals surface area contributed by atoms with Crippen LogP contribution < -0.4 is 17.2 Å². The normalized spacial score (nSPS) is 10.9. The Morgan fingerprint density at radius 3 is 1.88 bits per heavy atom. The molecule has 168 valence electrons. The number of amidine groups is 1. The minimum Gasteiger partial charge on any atom is -0.398 e. The molecule has 4 aromatic rings. The molecule has 0 atom stereocenters. The number of aliphatic imine (C=N–C) groups is 1. The van der Waals surface area contributed by atoms with Gasteiger partial charge in [0.15, 0.2) is 0 Å². The fraction of sp³-hybridized carbons (Fsp3) is 0.138. The summed E-state index contributed by atoms with van der Waals surface area (Å²) in [5, 5.41) is 0. The van der Waals surface area contributed by atoms with E-state index in [0.29, 0.717) is 18.9 Å². The van der Waals surface area contributed by atoms with Crippen molar-refractivity contribution in [1.82, 2.24) is 0 Å². The highest BCUT2D eigenvalue weighted by molar-refractivity contribution is 5.98. The molecule has 0 radical (unpaired) electrons. The molecule has 6 N–H and O–H groups in total. The van der Waals surface area contributed by atoms with E-state index in [0.717, 1.165) is 34.4 Å². The molecule has 0 bridgehead atoms. The van der Waals surface area contributed by atoms with Crippen LogP contribution in [-0.4, -0.2) is 5.84 Å². The summed E-state index contributed by atoms with van der Waals surface area (Å²) in [6.07, 6.45) is 0.991. The first-order chi connectivity index (χ1) is 16.1. The van der Waals surface area contributed by atoms with Gasteiger partial charge in [0.25, 0.3) is 0 Å². The fourth-order valence-corrected chi connectivity index (χ4v) is 3.36. The van der Waals surface area contributed by atoms with Crippen LogP contribution in [0.1, 0.15) is 29.2 Å². The minimum absolute atomic E-state index is 0.547. The van der Waals surface area contributed by atoms with Gasteiger partial charge in [-0.1, -0.05) is 97.9 Å². The molecule has 0 saturated carbocycles. The smallest absolute Gasteiger partial charge is 0.125 e. The van der Waals surface area contributed by atoms with E-state index in [9.17, 15) is 0 Å². The SMILES string of the molecule is CCc1ccc(N)c(-c2ccc(C(N)=NCc3ccccc3)cc2)c1.NCc1ccccc1. The van der Waals surface area contributed by atoms with Gasteiger partial charge in [-0.2, -0.15) is 0 Å². The van der Waals surface area contributed by atoms with Gasteiger partial charge in [0.1, 0.15) is 5.84 Å². The second-order valence-electron chi connectivity index (χ2n) is 7.73. The molecule has 0 aliphatic heterocycles. The summed E-state index contributed by atoms with van der Waals surface area (Å²) >= 11 is 0. The van der Waals surface area contributed by atoms with Crippen molar-refractivity contribution in [2.45, 2.75) is 26.4 Å². The lowest BCUT2D eigenvalue weighted by Crippen LogP contribution is -2.13. The second-order valence-corrected chi connectivity index (χ2v) is 7.73. The van der Waals surface area contributed by atoms with E-state index in [2.05, 4.69) is 24.0 Å². The van der Waals surface area contributed by atoms with Crippen LogP contribution in [0.2, 0.25) is 0 Å². The molecular formula is C29H32N4. The van der Waals surface area contributed by atoms with Gasteiger partial charge in [-0.3, -0.25) is 4.99 Å². The standard InChI is InChI=1S/C22H23N3.C7H9N/c1-2-16-8-13-21(23)20(14-16)18-9-11-19(12-10-18)22(24)25-15-17-6-4-3-5-7-17;8-6-7-4-2-1-3-5-7/h3-14H,2,15,23H2,1H3,(H2,24,25);1-5H,6,8H2. The van der Waals surface area contributed by atoms with Gasteiger partial charge in [-0.15, -0.1) is 0 Å². The number of aryl methyl sites for hydroxylation is 1. The fourth-order valence-electron chi connectivity index (χ4n) is 3.36. The largest absolute Gasteiger partial charge is 0.398 e. The third kappa shape index (κ3) is 7.06. The maximum Gasteiger partial charge on any atom is 0.125 e. The summed E-state index contributed by atoms with van der Waals surface area (Å²) in [5.41, 5.74) is 25.1. The van der Waals surface area contributed by atoms with E-state index >= 15 is 0 Å². The van der Waals surface area contributed by atoms with E-state index in [1.165, 1.54) is 11.1 Å². The highest BCUT2D eigenvalue weighted by Gasteiger charge is 2.05. The van der Waals surface area contributed by atoms with E-state index in [1.807, 2.05) is 91.0 Å². The predicted octanol–water partition coefficient (Wildman–Crippen LogP) is 5.55. The van der Waals surface area contributed by atoms with E-state index < -0.39 is 0 Å².